The van der Waals surface area contributed by atoms with Crippen molar-refractivity contribution in [3.8, 4) is 5.75 Å². The van der Waals surface area contributed by atoms with E-state index in [9.17, 15) is 9.59 Å². The van der Waals surface area contributed by atoms with Crippen molar-refractivity contribution in [3.63, 3.8) is 0 Å². The number of ether oxygens (including phenoxy) is 2. The van der Waals surface area contributed by atoms with Crippen LogP contribution >= 0.6 is 11.8 Å². The number of carbonyl (C=O) groups is 2. The number of nitrogens with zero attached hydrogens (tertiary/aromatic N) is 2. The van der Waals surface area contributed by atoms with E-state index >= 15 is 0 Å². The minimum Gasteiger partial charge on any atom is -0.496 e. The van der Waals surface area contributed by atoms with E-state index in [1.807, 2.05) is 55.6 Å². The van der Waals surface area contributed by atoms with Crippen molar-refractivity contribution >= 4 is 34.5 Å². The molecule has 1 aromatic heterocycles. The summed E-state index contributed by atoms with van der Waals surface area (Å²) in [7, 11) is 5.24. The van der Waals surface area contributed by atoms with Crippen molar-refractivity contribution in [2.24, 2.45) is 7.05 Å². The molecule has 1 N–H and O–H groups in total. The molecule has 0 fully saturated rings. The molecule has 0 bridgehead atoms. The third-order valence-electron chi connectivity index (χ3n) is 5.97. The largest absolute Gasteiger partial charge is 0.496 e. The van der Waals surface area contributed by atoms with Crippen molar-refractivity contribution in [3.05, 3.63) is 59.7 Å². The number of carbonyl (C=O) groups excluding carboxylic acids is 2. The summed E-state index contributed by atoms with van der Waals surface area (Å²) in [6.07, 6.45) is 0.656. The molecule has 2 aromatic carbocycles. The molecule has 33 heavy (non-hydrogen) atoms. The number of methoxy groups -OCH3 is 2. The van der Waals surface area contributed by atoms with Crippen LogP contribution in [0, 0.1) is 0 Å². The zero-order valence-corrected chi connectivity index (χ0v) is 20.0. The summed E-state index contributed by atoms with van der Waals surface area (Å²) in [6, 6.07) is 14.9. The predicted octanol–water partition coefficient (Wildman–Crippen LogP) is 3.52. The zero-order chi connectivity index (χ0) is 23.4. The minimum atomic E-state index is -0.722. The molecular formula is C25H29N3O4S. The zero-order valence-electron chi connectivity index (χ0n) is 19.2. The first-order valence-corrected chi connectivity index (χ1v) is 11.9. The Morgan fingerprint density at radius 2 is 1.91 bits per heavy atom. The number of nitrogens with one attached hydrogen (secondary N) is 1. The fourth-order valence-electron chi connectivity index (χ4n) is 4.38. The van der Waals surface area contributed by atoms with Crippen LogP contribution in [0.15, 0.2) is 53.6 Å². The summed E-state index contributed by atoms with van der Waals surface area (Å²) < 4.78 is 12.7. The Morgan fingerprint density at radius 1 is 1.15 bits per heavy atom. The summed E-state index contributed by atoms with van der Waals surface area (Å²) in [6.45, 7) is 1.28. The van der Waals surface area contributed by atoms with E-state index < -0.39 is 6.04 Å². The fraction of sp³-hybridized carbons (Fsp3) is 0.360. The van der Waals surface area contributed by atoms with E-state index in [-0.39, 0.29) is 11.8 Å². The molecule has 0 saturated carbocycles. The summed E-state index contributed by atoms with van der Waals surface area (Å²) >= 11 is 1.50. The van der Waals surface area contributed by atoms with E-state index in [1.54, 1.807) is 19.1 Å². The minimum absolute atomic E-state index is 0.0474. The Labute approximate surface area is 198 Å². The number of fused-ring (bicyclic) bond motifs is 3. The van der Waals surface area contributed by atoms with Gasteiger partial charge in [0.05, 0.1) is 17.9 Å². The Kier molecular flexibility index (Phi) is 7.25. The molecule has 1 atom stereocenters. The number of aryl methyl sites for hydroxylation is 1. The first-order chi connectivity index (χ1) is 16.1. The highest BCUT2D eigenvalue weighted by molar-refractivity contribution is 8.00. The van der Waals surface area contributed by atoms with Gasteiger partial charge in [0.15, 0.2) is 0 Å². The van der Waals surface area contributed by atoms with Gasteiger partial charge in [-0.05, 0) is 18.6 Å². The predicted molar refractivity (Wildman–Crippen MR) is 129 cm³/mol. The van der Waals surface area contributed by atoms with Crippen molar-refractivity contribution in [2.45, 2.75) is 24.0 Å². The topological polar surface area (TPSA) is 72.8 Å². The second-order valence-electron chi connectivity index (χ2n) is 7.95. The highest BCUT2D eigenvalue weighted by atomic mass is 32.2. The Balaban J connectivity index is 1.74. The average molecular weight is 468 g/mol. The van der Waals surface area contributed by atoms with Gasteiger partial charge in [0.25, 0.3) is 0 Å². The highest BCUT2D eigenvalue weighted by Gasteiger charge is 2.38. The second-order valence-corrected chi connectivity index (χ2v) is 8.91. The number of hydrogen-bond donors (Lipinski definition) is 1. The number of rotatable bonds is 8. The molecule has 0 saturated heterocycles. The number of benzene rings is 2. The third kappa shape index (κ3) is 4.58. The van der Waals surface area contributed by atoms with Crippen LogP contribution in [-0.4, -0.2) is 54.4 Å². The molecule has 8 heteroatoms. The number of thioether (sulfide) groups is 1. The average Bonchev–Trinajstić information content (AvgIpc) is 3.02. The maximum Gasteiger partial charge on any atom is 0.247 e. The van der Waals surface area contributed by atoms with Crippen molar-refractivity contribution in [2.75, 3.05) is 33.1 Å². The lowest BCUT2D eigenvalue weighted by Crippen LogP contribution is -2.44. The summed E-state index contributed by atoms with van der Waals surface area (Å²) in [5.41, 5.74) is 2.81. The molecule has 4 rings (SSSR count). The molecule has 3 aromatic rings. The Hall–Kier alpha value is -2.97. The van der Waals surface area contributed by atoms with Gasteiger partial charge in [-0.3, -0.25) is 9.59 Å². The van der Waals surface area contributed by atoms with Crippen molar-refractivity contribution < 1.29 is 19.1 Å². The van der Waals surface area contributed by atoms with Crippen LogP contribution in [0.4, 0.5) is 0 Å². The standard InChI is InChI=1S/C25H29N3O4S/c1-27-19-11-6-5-10-18(19)22-23(24(30)26-15-17-9-4-7-12-20(17)32-3)28(13-8-14-31-2)21(29)16-33-25(22)27/h4-7,9-12,23H,8,13-16H2,1-3H3,(H,26,30)/t23-/m1/s1. The molecule has 1 aliphatic heterocycles. The smallest absolute Gasteiger partial charge is 0.247 e. The third-order valence-corrected chi connectivity index (χ3v) is 7.13. The van der Waals surface area contributed by atoms with Gasteiger partial charge < -0.3 is 24.3 Å². The van der Waals surface area contributed by atoms with E-state index in [2.05, 4.69) is 9.88 Å². The van der Waals surface area contributed by atoms with Gasteiger partial charge in [-0.1, -0.05) is 48.2 Å². The quantitative estimate of drug-likeness (QED) is 0.513. The van der Waals surface area contributed by atoms with Gasteiger partial charge >= 0.3 is 0 Å². The van der Waals surface area contributed by atoms with Gasteiger partial charge in [0, 0.05) is 55.9 Å². The van der Waals surface area contributed by atoms with E-state index in [4.69, 9.17) is 9.47 Å². The molecule has 0 spiro atoms. The SMILES string of the molecule is COCCCN1C(=O)CSc2c(c3ccccc3n2C)[C@@H]1C(=O)NCc1ccccc1OC. The van der Waals surface area contributed by atoms with Gasteiger partial charge in [-0.15, -0.1) is 0 Å². The fourth-order valence-corrected chi connectivity index (χ4v) is 5.48. The molecule has 0 aliphatic carbocycles. The molecule has 174 valence electrons. The Morgan fingerprint density at radius 3 is 2.70 bits per heavy atom. The Bertz CT molecular complexity index is 1160. The van der Waals surface area contributed by atoms with Gasteiger partial charge in [-0.25, -0.2) is 0 Å². The van der Waals surface area contributed by atoms with E-state index in [0.29, 0.717) is 37.6 Å². The van der Waals surface area contributed by atoms with Crippen molar-refractivity contribution in [1.82, 2.24) is 14.8 Å². The number of aromatic nitrogens is 1. The van der Waals surface area contributed by atoms with Gasteiger partial charge in [0.2, 0.25) is 11.8 Å². The van der Waals surface area contributed by atoms with Crippen LogP contribution in [0.3, 0.4) is 0 Å². The van der Waals surface area contributed by atoms with E-state index in [1.165, 1.54) is 11.8 Å². The molecule has 1 aliphatic rings. The van der Waals surface area contributed by atoms with Crippen LogP contribution in [0.2, 0.25) is 0 Å². The first kappa shape index (κ1) is 23.2. The number of amides is 2. The number of hydrogen-bond acceptors (Lipinski definition) is 5. The molecule has 0 unspecified atom stereocenters. The normalized spacial score (nSPS) is 15.9. The maximum absolute atomic E-state index is 13.7. The molecule has 7 nitrogen and oxygen atoms in total. The molecular weight excluding hydrogens is 438 g/mol. The summed E-state index contributed by atoms with van der Waals surface area (Å²) in [5.74, 6) is 0.758. The highest BCUT2D eigenvalue weighted by Crippen LogP contribution is 2.41. The van der Waals surface area contributed by atoms with Crippen LogP contribution in [0.5, 0.6) is 5.75 Å². The lowest BCUT2D eigenvalue weighted by Gasteiger charge is -2.30. The van der Waals surface area contributed by atoms with Crippen LogP contribution in [0.1, 0.15) is 23.6 Å². The molecule has 0 radical (unpaired) electrons. The summed E-state index contributed by atoms with van der Waals surface area (Å²) in [5, 5.41) is 5.01. The van der Waals surface area contributed by atoms with Crippen LogP contribution in [-0.2, 0) is 27.9 Å². The van der Waals surface area contributed by atoms with Crippen molar-refractivity contribution in [1.29, 1.82) is 0 Å². The first-order valence-electron chi connectivity index (χ1n) is 10.9. The maximum atomic E-state index is 13.7. The lowest BCUT2D eigenvalue weighted by atomic mass is 10.0. The van der Waals surface area contributed by atoms with Crippen LogP contribution < -0.4 is 10.1 Å². The second kappa shape index (κ2) is 10.3. The molecule has 2 heterocycles. The van der Waals surface area contributed by atoms with Gasteiger partial charge in [0.1, 0.15) is 11.8 Å². The lowest BCUT2D eigenvalue weighted by molar-refractivity contribution is -0.139. The number of para-hydroxylation sites is 2. The summed E-state index contributed by atoms with van der Waals surface area (Å²) in [4.78, 5) is 28.6. The van der Waals surface area contributed by atoms with Gasteiger partial charge in [-0.2, -0.15) is 0 Å². The molecule has 2 amide bonds. The van der Waals surface area contributed by atoms with Crippen LogP contribution in [0.25, 0.3) is 10.9 Å². The van der Waals surface area contributed by atoms with E-state index in [0.717, 1.165) is 27.1 Å². The monoisotopic (exact) mass is 467 g/mol.